The van der Waals surface area contributed by atoms with Crippen molar-refractivity contribution in [1.29, 1.82) is 0 Å². The molecular weight excluding hydrogens is 352 g/mol. The molecule has 0 bridgehead atoms. The van der Waals surface area contributed by atoms with Crippen LogP contribution in [0.1, 0.15) is 28.8 Å². The van der Waals surface area contributed by atoms with Crippen LogP contribution in [0.2, 0.25) is 0 Å². The van der Waals surface area contributed by atoms with Crippen molar-refractivity contribution in [2.75, 3.05) is 19.7 Å². The second-order valence-corrected chi connectivity index (χ2v) is 7.37. The third kappa shape index (κ3) is 4.31. The van der Waals surface area contributed by atoms with Crippen molar-refractivity contribution in [3.05, 3.63) is 72.3 Å². The lowest BCUT2D eigenvalue weighted by atomic mass is 9.87. The van der Waals surface area contributed by atoms with Crippen molar-refractivity contribution < 1.29 is 14.7 Å². The van der Waals surface area contributed by atoms with E-state index in [0.29, 0.717) is 31.5 Å². The topological polar surface area (TPSA) is 69.6 Å². The van der Waals surface area contributed by atoms with E-state index in [1.54, 1.807) is 11.0 Å². The molecule has 5 heteroatoms. The first kappa shape index (κ1) is 19.8. The van der Waals surface area contributed by atoms with E-state index in [0.717, 1.165) is 16.7 Å². The average Bonchev–Trinajstić information content (AvgIpc) is 2.73. The van der Waals surface area contributed by atoms with Crippen LogP contribution in [0.3, 0.4) is 0 Å². The van der Waals surface area contributed by atoms with Gasteiger partial charge in [0.15, 0.2) is 0 Å². The lowest BCUT2D eigenvalue weighted by molar-refractivity contribution is -0.127. The summed E-state index contributed by atoms with van der Waals surface area (Å²) in [6.07, 6.45) is 2.31. The Morgan fingerprint density at radius 1 is 1.14 bits per heavy atom. The summed E-state index contributed by atoms with van der Waals surface area (Å²) in [6.45, 7) is 6.35. The molecule has 0 spiro atoms. The number of carbonyl (C=O) groups excluding carboxylic acids is 2. The summed E-state index contributed by atoms with van der Waals surface area (Å²) in [7, 11) is 0. The van der Waals surface area contributed by atoms with Crippen LogP contribution >= 0.6 is 0 Å². The van der Waals surface area contributed by atoms with Crippen molar-refractivity contribution in [2.24, 2.45) is 0 Å². The highest BCUT2D eigenvalue weighted by molar-refractivity contribution is 5.96. The van der Waals surface area contributed by atoms with Gasteiger partial charge in [0.25, 0.3) is 5.91 Å². The van der Waals surface area contributed by atoms with E-state index in [4.69, 9.17) is 0 Å². The normalized spacial score (nSPS) is 15.7. The van der Waals surface area contributed by atoms with Gasteiger partial charge in [0.1, 0.15) is 0 Å². The number of hydrogen-bond donors (Lipinski definition) is 2. The maximum absolute atomic E-state index is 12.9. The van der Waals surface area contributed by atoms with Gasteiger partial charge >= 0.3 is 0 Å². The van der Waals surface area contributed by atoms with Crippen LogP contribution in [0.25, 0.3) is 11.1 Å². The number of rotatable bonds is 5. The summed E-state index contributed by atoms with van der Waals surface area (Å²) in [5.41, 5.74) is 3.03. The first-order valence-electron chi connectivity index (χ1n) is 9.48. The lowest BCUT2D eigenvalue weighted by Crippen LogP contribution is -2.58. The molecule has 2 aromatic carbocycles. The number of amides is 2. The standard InChI is InChI=1S/C23H26N2O3/c1-3-21(27)25-12-10-23(16-26,11-13-25)24-22(28)20-9-5-8-19(15-20)18-7-4-6-17(2)14-18/h3-9,14-15,26H,1,10-13,16H2,2H3,(H,24,28). The number of hydrogen-bond acceptors (Lipinski definition) is 3. The average molecular weight is 378 g/mol. The zero-order valence-electron chi connectivity index (χ0n) is 16.1. The number of benzene rings is 2. The highest BCUT2D eigenvalue weighted by atomic mass is 16.3. The molecule has 5 nitrogen and oxygen atoms in total. The SMILES string of the molecule is C=CC(=O)N1CCC(CO)(NC(=O)c2cccc(-c3cccc(C)c3)c2)CC1. The minimum absolute atomic E-state index is 0.122. The molecule has 1 aliphatic rings. The lowest BCUT2D eigenvalue weighted by Gasteiger charge is -2.41. The summed E-state index contributed by atoms with van der Waals surface area (Å²) >= 11 is 0. The van der Waals surface area contributed by atoms with Crippen LogP contribution in [-0.2, 0) is 4.79 Å². The van der Waals surface area contributed by atoms with Gasteiger partial charge in [-0.2, -0.15) is 0 Å². The molecule has 1 aliphatic heterocycles. The molecule has 0 atom stereocenters. The van der Waals surface area contributed by atoms with Crippen LogP contribution in [-0.4, -0.2) is 47.1 Å². The molecule has 2 aromatic rings. The van der Waals surface area contributed by atoms with Gasteiger partial charge in [-0.3, -0.25) is 9.59 Å². The minimum atomic E-state index is -0.714. The van der Waals surface area contributed by atoms with Gasteiger partial charge in [0.2, 0.25) is 5.91 Å². The molecule has 1 saturated heterocycles. The molecule has 3 rings (SSSR count). The Morgan fingerprint density at radius 3 is 2.39 bits per heavy atom. The van der Waals surface area contributed by atoms with Crippen LogP contribution in [0.5, 0.6) is 0 Å². The summed E-state index contributed by atoms with van der Waals surface area (Å²) in [5.74, 6) is -0.337. The van der Waals surface area contributed by atoms with E-state index in [-0.39, 0.29) is 18.4 Å². The molecule has 28 heavy (non-hydrogen) atoms. The highest BCUT2D eigenvalue weighted by Crippen LogP contribution is 2.25. The molecule has 2 amide bonds. The van der Waals surface area contributed by atoms with Gasteiger partial charge in [-0.05, 0) is 49.1 Å². The number of aryl methyl sites for hydroxylation is 1. The third-order valence-electron chi connectivity index (χ3n) is 5.36. The predicted octanol–water partition coefficient (Wildman–Crippen LogP) is 2.93. The number of carbonyl (C=O) groups is 2. The number of aliphatic hydroxyl groups is 1. The molecule has 0 aromatic heterocycles. The van der Waals surface area contributed by atoms with E-state index < -0.39 is 5.54 Å². The zero-order valence-corrected chi connectivity index (χ0v) is 16.1. The molecule has 0 radical (unpaired) electrons. The predicted molar refractivity (Wildman–Crippen MR) is 110 cm³/mol. The Labute approximate surface area is 165 Å². The van der Waals surface area contributed by atoms with Gasteiger partial charge in [-0.25, -0.2) is 0 Å². The fourth-order valence-corrected chi connectivity index (χ4v) is 3.58. The molecule has 1 fully saturated rings. The van der Waals surface area contributed by atoms with E-state index in [2.05, 4.69) is 18.0 Å². The van der Waals surface area contributed by atoms with Crippen LogP contribution in [0, 0.1) is 6.92 Å². The fourth-order valence-electron chi connectivity index (χ4n) is 3.58. The van der Waals surface area contributed by atoms with Crippen molar-refractivity contribution in [1.82, 2.24) is 10.2 Å². The molecule has 0 unspecified atom stereocenters. The molecule has 146 valence electrons. The van der Waals surface area contributed by atoms with Crippen LogP contribution in [0.4, 0.5) is 0 Å². The van der Waals surface area contributed by atoms with Gasteiger partial charge in [-0.15, -0.1) is 0 Å². The maximum atomic E-state index is 12.9. The van der Waals surface area contributed by atoms with Gasteiger partial charge in [0.05, 0.1) is 12.1 Å². The molecule has 0 aliphatic carbocycles. The number of nitrogens with zero attached hydrogens (tertiary/aromatic N) is 1. The second-order valence-electron chi connectivity index (χ2n) is 7.37. The quantitative estimate of drug-likeness (QED) is 0.786. The smallest absolute Gasteiger partial charge is 0.251 e. The van der Waals surface area contributed by atoms with Crippen LogP contribution < -0.4 is 5.32 Å². The number of likely N-dealkylation sites (tertiary alicyclic amines) is 1. The van der Waals surface area contributed by atoms with Crippen molar-refractivity contribution >= 4 is 11.8 Å². The summed E-state index contributed by atoms with van der Waals surface area (Å²) in [4.78, 5) is 26.3. The van der Waals surface area contributed by atoms with E-state index in [1.165, 1.54) is 6.08 Å². The largest absolute Gasteiger partial charge is 0.394 e. The Balaban J connectivity index is 1.74. The minimum Gasteiger partial charge on any atom is -0.394 e. The van der Waals surface area contributed by atoms with E-state index in [1.807, 2.05) is 43.3 Å². The summed E-state index contributed by atoms with van der Waals surface area (Å²) < 4.78 is 0. The number of piperidine rings is 1. The molecular formula is C23H26N2O3. The molecule has 1 heterocycles. The first-order chi connectivity index (χ1) is 13.5. The van der Waals surface area contributed by atoms with Gasteiger partial charge in [0, 0.05) is 18.7 Å². The van der Waals surface area contributed by atoms with Crippen LogP contribution in [0.15, 0.2) is 61.2 Å². The molecule has 2 N–H and O–H groups in total. The van der Waals surface area contributed by atoms with Crippen molar-refractivity contribution in [3.63, 3.8) is 0 Å². The van der Waals surface area contributed by atoms with Gasteiger partial charge in [-0.1, -0.05) is 48.5 Å². The van der Waals surface area contributed by atoms with E-state index >= 15 is 0 Å². The zero-order chi connectivity index (χ0) is 20.1. The van der Waals surface area contributed by atoms with Gasteiger partial charge < -0.3 is 15.3 Å². The Morgan fingerprint density at radius 2 is 1.79 bits per heavy atom. The summed E-state index contributed by atoms with van der Waals surface area (Å²) in [5, 5.41) is 13.0. The maximum Gasteiger partial charge on any atom is 0.251 e. The third-order valence-corrected chi connectivity index (χ3v) is 5.36. The monoisotopic (exact) mass is 378 g/mol. The Kier molecular flexibility index (Phi) is 5.95. The Bertz CT molecular complexity index is 883. The highest BCUT2D eigenvalue weighted by Gasteiger charge is 2.36. The summed E-state index contributed by atoms with van der Waals surface area (Å²) in [6, 6.07) is 15.6. The second kappa shape index (κ2) is 8.40. The Hall–Kier alpha value is -2.92. The van der Waals surface area contributed by atoms with Crippen molar-refractivity contribution in [2.45, 2.75) is 25.3 Å². The van der Waals surface area contributed by atoms with E-state index in [9.17, 15) is 14.7 Å². The number of aliphatic hydroxyl groups excluding tert-OH is 1. The molecule has 0 saturated carbocycles. The fraction of sp³-hybridized carbons (Fsp3) is 0.304. The number of nitrogens with one attached hydrogen (secondary N) is 1. The van der Waals surface area contributed by atoms with Crippen molar-refractivity contribution in [3.8, 4) is 11.1 Å². The first-order valence-corrected chi connectivity index (χ1v) is 9.48.